The summed E-state index contributed by atoms with van der Waals surface area (Å²) >= 11 is 0. The molecule has 0 fully saturated rings. The molecular formula is C21H21FN4O4. The van der Waals surface area contributed by atoms with Crippen molar-refractivity contribution in [2.75, 3.05) is 20.6 Å². The summed E-state index contributed by atoms with van der Waals surface area (Å²) in [4.78, 5) is 42.3. The Morgan fingerprint density at radius 3 is 2.50 bits per heavy atom. The van der Waals surface area contributed by atoms with Gasteiger partial charge in [-0.15, -0.1) is 0 Å². The van der Waals surface area contributed by atoms with Gasteiger partial charge in [-0.3, -0.25) is 19.4 Å². The molecule has 9 heteroatoms. The normalized spacial score (nSPS) is 10.8. The van der Waals surface area contributed by atoms with Crippen molar-refractivity contribution in [3.8, 4) is 5.75 Å². The van der Waals surface area contributed by atoms with Crippen LogP contribution in [0.1, 0.15) is 21.5 Å². The van der Waals surface area contributed by atoms with Crippen LogP contribution < -0.4 is 10.9 Å². The van der Waals surface area contributed by atoms with E-state index in [4.69, 9.17) is 0 Å². The lowest BCUT2D eigenvalue weighted by Gasteiger charge is -2.14. The summed E-state index contributed by atoms with van der Waals surface area (Å²) in [5, 5.41) is 12.9. The molecule has 156 valence electrons. The van der Waals surface area contributed by atoms with Gasteiger partial charge in [0.1, 0.15) is 16.9 Å². The van der Waals surface area contributed by atoms with E-state index < -0.39 is 22.8 Å². The Hall–Kier alpha value is -3.75. The molecule has 0 aliphatic rings. The van der Waals surface area contributed by atoms with Crippen LogP contribution in [0.5, 0.6) is 5.75 Å². The molecule has 2 amide bonds. The van der Waals surface area contributed by atoms with E-state index in [2.05, 4.69) is 10.3 Å². The number of nitrogens with zero attached hydrogens (tertiary/aromatic N) is 3. The molecule has 3 aromatic rings. The van der Waals surface area contributed by atoms with Crippen LogP contribution in [0, 0.1) is 5.82 Å². The Kier molecular flexibility index (Phi) is 5.81. The van der Waals surface area contributed by atoms with Crippen molar-refractivity contribution >= 4 is 22.8 Å². The Morgan fingerprint density at radius 2 is 1.87 bits per heavy atom. The minimum Gasteiger partial charge on any atom is -0.505 e. The van der Waals surface area contributed by atoms with Crippen LogP contribution in [0.2, 0.25) is 0 Å². The molecule has 2 aromatic heterocycles. The SMILES string of the molecule is CN(C)C(=O)CNC(=O)c1c(O)c2ncc(Cc3ccc(F)cc3)cc2n(C)c1=O. The highest BCUT2D eigenvalue weighted by atomic mass is 19.1. The van der Waals surface area contributed by atoms with E-state index in [-0.39, 0.29) is 23.8 Å². The van der Waals surface area contributed by atoms with E-state index in [0.29, 0.717) is 11.9 Å². The summed E-state index contributed by atoms with van der Waals surface area (Å²) in [5.74, 6) is -2.09. The molecule has 0 bridgehead atoms. The number of carbonyl (C=O) groups is 2. The summed E-state index contributed by atoms with van der Waals surface area (Å²) in [5.41, 5.74) is 0.846. The molecule has 8 nitrogen and oxygen atoms in total. The van der Waals surface area contributed by atoms with Crippen LogP contribution in [-0.2, 0) is 18.3 Å². The number of aryl methyl sites for hydroxylation is 1. The third-order valence-electron chi connectivity index (χ3n) is 4.71. The Labute approximate surface area is 171 Å². The predicted molar refractivity (Wildman–Crippen MR) is 109 cm³/mol. The highest BCUT2D eigenvalue weighted by Crippen LogP contribution is 2.25. The van der Waals surface area contributed by atoms with Crippen LogP contribution in [0.4, 0.5) is 4.39 Å². The zero-order valence-corrected chi connectivity index (χ0v) is 16.8. The Bertz CT molecular complexity index is 1190. The molecule has 1 aromatic carbocycles. The molecule has 0 spiro atoms. The maximum atomic E-state index is 13.1. The molecule has 0 saturated heterocycles. The number of nitrogens with one attached hydrogen (secondary N) is 1. The van der Waals surface area contributed by atoms with Crippen molar-refractivity contribution in [3.05, 3.63) is 69.4 Å². The number of aromatic nitrogens is 2. The molecule has 0 radical (unpaired) electrons. The van der Waals surface area contributed by atoms with Gasteiger partial charge in [-0.25, -0.2) is 4.39 Å². The van der Waals surface area contributed by atoms with E-state index in [1.54, 1.807) is 18.2 Å². The average Bonchev–Trinajstić information content (AvgIpc) is 2.72. The van der Waals surface area contributed by atoms with Crippen molar-refractivity contribution in [1.82, 2.24) is 19.8 Å². The zero-order chi connectivity index (χ0) is 22.0. The molecule has 3 rings (SSSR count). The molecule has 0 unspecified atom stereocenters. The van der Waals surface area contributed by atoms with Gasteiger partial charge in [-0.1, -0.05) is 12.1 Å². The number of amides is 2. The third-order valence-corrected chi connectivity index (χ3v) is 4.71. The lowest BCUT2D eigenvalue weighted by Crippen LogP contribution is -2.39. The Balaban J connectivity index is 1.96. The van der Waals surface area contributed by atoms with Gasteiger partial charge in [0.15, 0.2) is 5.75 Å². The number of aromatic hydroxyl groups is 1. The highest BCUT2D eigenvalue weighted by molar-refractivity contribution is 6.02. The van der Waals surface area contributed by atoms with Crippen LogP contribution in [-0.4, -0.2) is 52.0 Å². The minimum atomic E-state index is -0.859. The number of fused-ring (bicyclic) bond motifs is 1. The van der Waals surface area contributed by atoms with Gasteiger partial charge in [0.05, 0.1) is 12.1 Å². The smallest absolute Gasteiger partial charge is 0.267 e. The van der Waals surface area contributed by atoms with E-state index in [1.807, 2.05) is 0 Å². The van der Waals surface area contributed by atoms with Crippen molar-refractivity contribution in [2.45, 2.75) is 6.42 Å². The second-order valence-corrected chi connectivity index (χ2v) is 7.07. The first-order valence-electron chi connectivity index (χ1n) is 9.12. The second-order valence-electron chi connectivity index (χ2n) is 7.07. The lowest BCUT2D eigenvalue weighted by atomic mass is 10.1. The molecule has 0 saturated carbocycles. The molecule has 2 heterocycles. The molecule has 2 N–H and O–H groups in total. The number of hydrogen-bond acceptors (Lipinski definition) is 5. The first kappa shape index (κ1) is 21.0. The molecule has 0 aliphatic carbocycles. The van der Waals surface area contributed by atoms with Crippen molar-refractivity contribution in [2.24, 2.45) is 7.05 Å². The summed E-state index contributed by atoms with van der Waals surface area (Å²) < 4.78 is 14.3. The quantitative estimate of drug-likeness (QED) is 0.655. The predicted octanol–water partition coefficient (Wildman–Crippen LogP) is 1.19. The van der Waals surface area contributed by atoms with Gasteiger partial charge < -0.3 is 19.9 Å². The van der Waals surface area contributed by atoms with E-state index in [9.17, 15) is 23.9 Å². The van der Waals surface area contributed by atoms with E-state index in [0.717, 1.165) is 11.1 Å². The number of rotatable bonds is 5. The summed E-state index contributed by atoms with van der Waals surface area (Å²) in [6, 6.07) is 7.70. The van der Waals surface area contributed by atoms with Crippen molar-refractivity contribution < 1.29 is 19.1 Å². The molecule has 0 aliphatic heterocycles. The Morgan fingerprint density at radius 1 is 1.20 bits per heavy atom. The lowest BCUT2D eigenvalue weighted by molar-refractivity contribution is -0.127. The first-order valence-corrected chi connectivity index (χ1v) is 9.12. The van der Waals surface area contributed by atoms with Gasteiger partial charge >= 0.3 is 0 Å². The standard InChI is InChI=1S/C21H21FN4O4/c1-25(2)16(27)11-24-20(29)17-19(28)18-15(26(3)21(17)30)9-13(10-23-18)8-12-4-6-14(22)7-5-12/h4-7,9-10,28H,8,11H2,1-3H3,(H,24,29). The number of pyridine rings is 2. The largest absolute Gasteiger partial charge is 0.505 e. The number of hydrogen-bond donors (Lipinski definition) is 2. The molecule has 30 heavy (non-hydrogen) atoms. The number of halogens is 1. The topological polar surface area (TPSA) is 105 Å². The van der Waals surface area contributed by atoms with Crippen LogP contribution in [0.15, 0.2) is 41.3 Å². The van der Waals surface area contributed by atoms with Crippen LogP contribution >= 0.6 is 0 Å². The van der Waals surface area contributed by atoms with Gasteiger partial charge in [-0.2, -0.15) is 0 Å². The number of benzene rings is 1. The fraction of sp³-hybridized carbons (Fsp3) is 0.238. The van der Waals surface area contributed by atoms with Gasteiger partial charge in [0.2, 0.25) is 5.91 Å². The second kappa shape index (κ2) is 8.32. The third kappa shape index (κ3) is 4.14. The summed E-state index contributed by atoms with van der Waals surface area (Å²) in [6.07, 6.45) is 1.97. The average molecular weight is 412 g/mol. The van der Waals surface area contributed by atoms with E-state index >= 15 is 0 Å². The fourth-order valence-corrected chi connectivity index (χ4v) is 2.97. The van der Waals surface area contributed by atoms with Crippen molar-refractivity contribution in [3.63, 3.8) is 0 Å². The van der Waals surface area contributed by atoms with Crippen LogP contribution in [0.3, 0.4) is 0 Å². The highest BCUT2D eigenvalue weighted by Gasteiger charge is 2.22. The monoisotopic (exact) mass is 412 g/mol. The maximum Gasteiger partial charge on any atom is 0.267 e. The van der Waals surface area contributed by atoms with Crippen molar-refractivity contribution in [1.29, 1.82) is 0 Å². The molecule has 0 atom stereocenters. The van der Waals surface area contributed by atoms with Gasteiger partial charge in [0, 0.05) is 27.3 Å². The number of carbonyl (C=O) groups excluding carboxylic acids is 2. The first-order chi connectivity index (χ1) is 14.2. The summed E-state index contributed by atoms with van der Waals surface area (Å²) in [7, 11) is 4.54. The van der Waals surface area contributed by atoms with Gasteiger partial charge in [-0.05, 0) is 35.7 Å². The maximum absolute atomic E-state index is 13.1. The van der Waals surface area contributed by atoms with Gasteiger partial charge in [0.25, 0.3) is 11.5 Å². The minimum absolute atomic E-state index is 0.0871. The molecular weight excluding hydrogens is 391 g/mol. The fourth-order valence-electron chi connectivity index (χ4n) is 2.97. The summed E-state index contributed by atoms with van der Waals surface area (Å²) in [6.45, 7) is -0.309. The van der Waals surface area contributed by atoms with Crippen LogP contribution in [0.25, 0.3) is 11.0 Å². The van der Waals surface area contributed by atoms with E-state index in [1.165, 1.54) is 48.9 Å². The zero-order valence-electron chi connectivity index (χ0n) is 16.8. The number of likely N-dealkylation sites (N-methyl/N-ethyl adjacent to an activating group) is 1.